The second kappa shape index (κ2) is 2.76. The van der Waals surface area contributed by atoms with Crippen LogP contribution in [-0.4, -0.2) is 24.7 Å². The average Bonchev–Trinajstić information content (AvgIpc) is 2.36. The van der Waals surface area contributed by atoms with Gasteiger partial charge in [-0.2, -0.15) is 0 Å². The number of hydrogen-bond acceptors (Lipinski definition) is 3. The average molecular weight is 165 g/mol. The summed E-state index contributed by atoms with van der Waals surface area (Å²) in [5, 5.41) is -1.19. The lowest BCUT2D eigenvalue weighted by molar-refractivity contribution is -0.154. The molecule has 1 aliphatic rings. The largest absolute Gasteiger partial charge is 0.466 e. The van der Waals surface area contributed by atoms with Crippen LogP contribution in [-0.2, 0) is 14.3 Å². The summed E-state index contributed by atoms with van der Waals surface area (Å²) in [4.78, 5) is 10.9. The van der Waals surface area contributed by atoms with Crippen molar-refractivity contribution in [2.45, 2.75) is 17.9 Å². The minimum absolute atomic E-state index is 0.494. The molecule has 1 rings (SSSR count). The van der Waals surface area contributed by atoms with Gasteiger partial charge in [-0.15, -0.1) is 0 Å². The predicted octanol–water partition coefficient (Wildman–Crippen LogP) is 0.905. The summed E-state index contributed by atoms with van der Waals surface area (Å²) in [5.74, 6) is -0.494. The summed E-state index contributed by atoms with van der Waals surface area (Å²) < 4.78 is 9.43. The van der Waals surface area contributed by atoms with Crippen LogP contribution >= 0.6 is 11.6 Å². The third kappa shape index (κ3) is 1.25. The number of esters is 1. The van der Waals surface area contributed by atoms with Gasteiger partial charge in [0.25, 0.3) is 0 Å². The Kier molecular flexibility index (Phi) is 2.16. The van der Waals surface area contributed by atoms with Gasteiger partial charge in [-0.05, 0) is 6.42 Å². The van der Waals surface area contributed by atoms with Gasteiger partial charge in [-0.3, -0.25) is 0 Å². The van der Waals surface area contributed by atoms with Crippen LogP contribution in [0.5, 0.6) is 0 Å². The van der Waals surface area contributed by atoms with Gasteiger partial charge in [-0.25, -0.2) is 4.79 Å². The first kappa shape index (κ1) is 7.82. The molecule has 3 nitrogen and oxygen atoms in total. The second-order valence-electron chi connectivity index (χ2n) is 2.17. The van der Waals surface area contributed by atoms with Gasteiger partial charge in [0.1, 0.15) is 0 Å². The lowest BCUT2D eigenvalue weighted by atomic mass is 10.2. The Bertz CT molecular complexity index is 140. The molecule has 1 atom stereocenters. The molecule has 1 fully saturated rings. The third-order valence-electron chi connectivity index (χ3n) is 1.46. The van der Waals surface area contributed by atoms with E-state index in [1.165, 1.54) is 7.11 Å². The van der Waals surface area contributed by atoms with Crippen LogP contribution in [0.3, 0.4) is 0 Å². The highest BCUT2D eigenvalue weighted by atomic mass is 35.5. The monoisotopic (exact) mass is 164 g/mol. The molecule has 0 aromatic rings. The van der Waals surface area contributed by atoms with E-state index in [2.05, 4.69) is 4.74 Å². The molecule has 1 heterocycles. The highest BCUT2D eigenvalue weighted by Crippen LogP contribution is 2.30. The Hall–Kier alpha value is -0.280. The maximum Gasteiger partial charge on any atom is 0.354 e. The fourth-order valence-electron chi connectivity index (χ4n) is 0.919. The van der Waals surface area contributed by atoms with Crippen molar-refractivity contribution in [3.8, 4) is 0 Å². The van der Waals surface area contributed by atoms with Crippen molar-refractivity contribution in [2.24, 2.45) is 0 Å². The Labute approximate surface area is 64.3 Å². The zero-order chi connectivity index (χ0) is 7.61. The topological polar surface area (TPSA) is 35.5 Å². The van der Waals surface area contributed by atoms with E-state index in [9.17, 15) is 4.79 Å². The standard InChI is InChI=1S/C6H9ClO3/c1-9-5(8)6(7)3-2-4-10-6/h2-4H2,1H3. The highest BCUT2D eigenvalue weighted by molar-refractivity contribution is 6.32. The fraction of sp³-hybridized carbons (Fsp3) is 0.833. The molecule has 0 radical (unpaired) electrons. The second-order valence-corrected chi connectivity index (χ2v) is 2.78. The number of rotatable bonds is 1. The summed E-state index contributed by atoms with van der Waals surface area (Å²) in [7, 11) is 1.30. The minimum atomic E-state index is -1.19. The molecule has 0 saturated carbocycles. The third-order valence-corrected chi connectivity index (χ3v) is 1.92. The van der Waals surface area contributed by atoms with E-state index in [1.807, 2.05) is 0 Å². The number of carbonyl (C=O) groups excluding carboxylic acids is 1. The van der Waals surface area contributed by atoms with Crippen molar-refractivity contribution >= 4 is 17.6 Å². The molecule has 0 spiro atoms. The van der Waals surface area contributed by atoms with Crippen LogP contribution in [0.1, 0.15) is 12.8 Å². The molecule has 1 aliphatic heterocycles. The number of ether oxygens (including phenoxy) is 2. The molecule has 58 valence electrons. The van der Waals surface area contributed by atoms with Gasteiger partial charge in [0.15, 0.2) is 0 Å². The SMILES string of the molecule is COC(=O)C1(Cl)CCCO1. The van der Waals surface area contributed by atoms with Crippen LogP contribution in [0.25, 0.3) is 0 Å². The van der Waals surface area contributed by atoms with Crippen molar-refractivity contribution in [3.05, 3.63) is 0 Å². The van der Waals surface area contributed by atoms with Crippen LogP contribution in [0, 0.1) is 0 Å². The van der Waals surface area contributed by atoms with E-state index in [0.717, 1.165) is 6.42 Å². The normalized spacial score (nSPS) is 32.2. The number of methoxy groups -OCH3 is 1. The molecular weight excluding hydrogens is 156 g/mol. The summed E-state index contributed by atoms with van der Waals surface area (Å²) in [6, 6.07) is 0. The van der Waals surface area contributed by atoms with E-state index in [-0.39, 0.29) is 0 Å². The van der Waals surface area contributed by atoms with Crippen LogP contribution in [0.2, 0.25) is 0 Å². The molecule has 0 amide bonds. The zero-order valence-corrected chi connectivity index (χ0v) is 6.48. The van der Waals surface area contributed by atoms with E-state index in [4.69, 9.17) is 16.3 Å². The molecule has 0 aliphatic carbocycles. The molecule has 0 aromatic carbocycles. The van der Waals surface area contributed by atoms with Gasteiger partial charge >= 0.3 is 5.97 Å². The quantitative estimate of drug-likeness (QED) is 0.427. The Morgan fingerprint density at radius 3 is 2.90 bits per heavy atom. The molecule has 4 heteroatoms. The van der Waals surface area contributed by atoms with Crippen LogP contribution in [0.4, 0.5) is 0 Å². The number of alkyl halides is 1. The van der Waals surface area contributed by atoms with E-state index >= 15 is 0 Å². The van der Waals surface area contributed by atoms with Gasteiger partial charge < -0.3 is 9.47 Å². The van der Waals surface area contributed by atoms with Crippen molar-refractivity contribution in [3.63, 3.8) is 0 Å². The van der Waals surface area contributed by atoms with E-state index in [1.54, 1.807) is 0 Å². The highest BCUT2D eigenvalue weighted by Gasteiger charge is 2.41. The van der Waals surface area contributed by atoms with Gasteiger partial charge in [-0.1, -0.05) is 11.6 Å². The number of carbonyl (C=O) groups is 1. The fourth-order valence-corrected chi connectivity index (χ4v) is 1.21. The van der Waals surface area contributed by atoms with Crippen LogP contribution < -0.4 is 0 Å². The first-order chi connectivity index (χ1) is 4.69. The first-order valence-corrected chi connectivity index (χ1v) is 3.48. The van der Waals surface area contributed by atoms with E-state index < -0.39 is 11.0 Å². The molecule has 1 saturated heterocycles. The van der Waals surface area contributed by atoms with Gasteiger partial charge in [0, 0.05) is 13.0 Å². The molecular formula is C6H9ClO3. The summed E-state index contributed by atoms with van der Waals surface area (Å²) in [6.45, 7) is 0.540. The molecule has 1 unspecified atom stereocenters. The lowest BCUT2D eigenvalue weighted by Crippen LogP contribution is -2.32. The van der Waals surface area contributed by atoms with Crippen molar-refractivity contribution in [2.75, 3.05) is 13.7 Å². The van der Waals surface area contributed by atoms with Crippen LogP contribution in [0.15, 0.2) is 0 Å². The maximum absolute atomic E-state index is 10.9. The lowest BCUT2D eigenvalue weighted by Gasteiger charge is -2.15. The summed E-state index contributed by atoms with van der Waals surface area (Å²) in [5.41, 5.74) is 0. The molecule has 0 N–H and O–H groups in total. The number of hydrogen-bond donors (Lipinski definition) is 0. The maximum atomic E-state index is 10.9. The predicted molar refractivity (Wildman–Crippen MR) is 35.8 cm³/mol. The Morgan fingerprint density at radius 1 is 1.80 bits per heavy atom. The molecule has 0 bridgehead atoms. The van der Waals surface area contributed by atoms with Crippen molar-refractivity contribution in [1.82, 2.24) is 0 Å². The smallest absolute Gasteiger partial charge is 0.354 e. The summed E-state index contributed by atoms with van der Waals surface area (Å²) >= 11 is 5.72. The Morgan fingerprint density at radius 2 is 2.50 bits per heavy atom. The summed E-state index contributed by atoms with van der Waals surface area (Å²) in [6.07, 6.45) is 1.36. The zero-order valence-electron chi connectivity index (χ0n) is 5.72. The molecule has 10 heavy (non-hydrogen) atoms. The van der Waals surface area contributed by atoms with E-state index in [0.29, 0.717) is 13.0 Å². The first-order valence-electron chi connectivity index (χ1n) is 3.10. The minimum Gasteiger partial charge on any atom is -0.466 e. The number of halogens is 1. The van der Waals surface area contributed by atoms with Crippen molar-refractivity contribution < 1.29 is 14.3 Å². The Balaban J connectivity index is 2.58. The molecule has 0 aromatic heterocycles. The van der Waals surface area contributed by atoms with Gasteiger partial charge in [0.2, 0.25) is 5.06 Å². The van der Waals surface area contributed by atoms with Gasteiger partial charge in [0.05, 0.1) is 7.11 Å². The van der Waals surface area contributed by atoms with Crippen molar-refractivity contribution in [1.29, 1.82) is 0 Å².